The molecule has 4 nitrogen and oxygen atoms in total. The van der Waals surface area contributed by atoms with E-state index in [1.165, 1.54) is 70.6 Å². The molecule has 0 N–H and O–H groups in total. The van der Waals surface area contributed by atoms with Gasteiger partial charge in [-0.15, -0.1) is 0 Å². The van der Waals surface area contributed by atoms with Crippen molar-refractivity contribution in [2.24, 2.45) is 5.92 Å². The average molecular weight is 485 g/mol. The molecule has 0 saturated heterocycles. The minimum Gasteiger partial charge on any atom is -0.491 e. The van der Waals surface area contributed by atoms with Gasteiger partial charge in [-0.25, -0.2) is 14.4 Å². The van der Waals surface area contributed by atoms with Crippen LogP contribution >= 0.6 is 0 Å². The van der Waals surface area contributed by atoms with Gasteiger partial charge in [0.1, 0.15) is 18.5 Å². The topological polar surface area (TPSA) is 44.2 Å². The SMILES string of the molecule is CCCCCCC(F)COc1ccc(-c2ncc(OCCCCCCCC3CCCC3)cn2)cc1. The monoisotopic (exact) mass is 484 g/mol. The van der Waals surface area contributed by atoms with Gasteiger partial charge in [0.15, 0.2) is 11.6 Å². The number of hydrogen-bond donors (Lipinski definition) is 0. The van der Waals surface area contributed by atoms with Crippen LogP contribution < -0.4 is 9.47 Å². The molecule has 0 amide bonds. The summed E-state index contributed by atoms with van der Waals surface area (Å²) in [5.74, 6) is 3.04. The lowest BCUT2D eigenvalue weighted by molar-refractivity contribution is 0.184. The predicted octanol–water partition coefficient (Wildman–Crippen LogP) is 8.74. The van der Waals surface area contributed by atoms with Crippen LogP contribution in [0.4, 0.5) is 4.39 Å². The van der Waals surface area contributed by atoms with Crippen molar-refractivity contribution in [1.29, 1.82) is 0 Å². The lowest BCUT2D eigenvalue weighted by Crippen LogP contribution is -2.12. The quantitative estimate of drug-likeness (QED) is 0.198. The van der Waals surface area contributed by atoms with Gasteiger partial charge >= 0.3 is 0 Å². The van der Waals surface area contributed by atoms with Gasteiger partial charge in [-0.2, -0.15) is 0 Å². The van der Waals surface area contributed by atoms with E-state index in [4.69, 9.17) is 9.47 Å². The molecule has 3 rings (SSSR count). The van der Waals surface area contributed by atoms with E-state index in [-0.39, 0.29) is 6.61 Å². The van der Waals surface area contributed by atoms with Crippen LogP contribution in [0.5, 0.6) is 11.5 Å². The second-order valence-corrected chi connectivity index (χ2v) is 10.1. The molecule has 194 valence electrons. The van der Waals surface area contributed by atoms with E-state index in [0.717, 1.165) is 30.7 Å². The Morgan fingerprint density at radius 3 is 2.26 bits per heavy atom. The maximum absolute atomic E-state index is 14.0. The molecular formula is C30H45FN2O2. The van der Waals surface area contributed by atoms with Crippen molar-refractivity contribution in [3.8, 4) is 22.9 Å². The second-order valence-electron chi connectivity index (χ2n) is 10.1. The number of benzene rings is 1. The molecule has 1 heterocycles. The Morgan fingerprint density at radius 1 is 0.829 bits per heavy atom. The van der Waals surface area contributed by atoms with Crippen molar-refractivity contribution in [2.75, 3.05) is 13.2 Å². The van der Waals surface area contributed by atoms with Gasteiger partial charge in [-0.05, 0) is 43.0 Å². The molecule has 1 aliphatic carbocycles. The summed E-state index contributed by atoms with van der Waals surface area (Å²) in [5.41, 5.74) is 0.901. The van der Waals surface area contributed by atoms with E-state index < -0.39 is 6.17 Å². The van der Waals surface area contributed by atoms with Crippen molar-refractivity contribution in [3.63, 3.8) is 0 Å². The van der Waals surface area contributed by atoms with Crippen LogP contribution in [-0.2, 0) is 0 Å². The Morgan fingerprint density at radius 2 is 1.51 bits per heavy atom. The van der Waals surface area contributed by atoms with Gasteiger partial charge in [0.2, 0.25) is 0 Å². The van der Waals surface area contributed by atoms with Crippen molar-refractivity contribution >= 4 is 0 Å². The highest BCUT2D eigenvalue weighted by Gasteiger charge is 2.13. The molecule has 5 heteroatoms. The highest BCUT2D eigenvalue weighted by atomic mass is 19.1. The van der Waals surface area contributed by atoms with Gasteiger partial charge in [-0.3, -0.25) is 0 Å². The molecule has 1 fully saturated rings. The third-order valence-corrected chi connectivity index (χ3v) is 7.04. The fourth-order valence-electron chi connectivity index (χ4n) is 4.86. The minimum absolute atomic E-state index is 0.106. The van der Waals surface area contributed by atoms with Gasteiger partial charge in [0.05, 0.1) is 19.0 Å². The minimum atomic E-state index is -0.913. The molecule has 35 heavy (non-hydrogen) atoms. The summed E-state index contributed by atoms with van der Waals surface area (Å²) >= 11 is 0. The average Bonchev–Trinajstić information content (AvgIpc) is 3.41. The third kappa shape index (κ3) is 11.0. The normalized spacial score (nSPS) is 14.8. The number of hydrogen-bond acceptors (Lipinski definition) is 4. The van der Waals surface area contributed by atoms with Crippen LogP contribution in [0.25, 0.3) is 11.4 Å². The number of alkyl halides is 1. The highest BCUT2D eigenvalue weighted by Crippen LogP contribution is 2.29. The number of aromatic nitrogens is 2. The zero-order valence-electron chi connectivity index (χ0n) is 21.7. The molecule has 1 atom stereocenters. The lowest BCUT2D eigenvalue weighted by atomic mass is 9.99. The molecule has 1 aliphatic rings. The molecule has 0 spiro atoms. The van der Waals surface area contributed by atoms with Crippen LogP contribution in [0, 0.1) is 5.92 Å². The molecule has 2 aromatic rings. The Bertz CT molecular complexity index is 791. The van der Waals surface area contributed by atoms with Gasteiger partial charge in [-0.1, -0.05) is 90.4 Å². The van der Waals surface area contributed by atoms with Crippen molar-refractivity contribution in [3.05, 3.63) is 36.7 Å². The first-order valence-corrected chi connectivity index (χ1v) is 14.1. The number of rotatable bonds is 18. The Kier molecular flexibility index (Phi) is 12.9. The first kappa shape index (κ1) is 27.4. The molecule has 1 unspecified atom stereocenters. The van der Waals surface area contributed by atoms with Crippen molar-refractivity contribution in [1.82, 2.24) is 9.97 Å². The van der Waals surface area contributed by atoms with E-state index in [9.17, 15) is 4.39 Å². The molecule has 0 radical (unpaired) electrons. The summed E-state index contributed by atoms with van der Waals surface area (Å²) < 4.78 is 25.4. The van der Waals surface area contributed by atoms with E-state index >= 15 is 0 Å². The van der Waals surface area contributed by atoms with E-state index in [1.54, 1.807) is 12.4 Å². The molecular weight excluding hydrogens is 439 g/mol. The standard InChI is InChI=1S/C30H45FN2O2/c1-2-3-4-9-16-27(31)24-35-28-19-17-26(18-20-28)30-32-22-29(23-33-30)34-21-12-7-5-6-8-13-25-14-10-11-15-25/h17-20,22-23,25,27H,2-16,21,24H2,1H3. The van der Waals surface area contributed by atoms with E-state index in [1.807, 2.05) is 24.3 Å². The number of nitrogens with zero attached hydrogens (tertiary/aromatic N) is 2. The zero-order chi connectivity index (χ0) is 24.6. The highest BCUT2D eigenvalue weighted by molar-refractivity contribution is 5.56. The van der Waals surface area contributed by atoms with Crippen LogP contribution in [0.1, 0.15) is 103 Å². The summed E-state index contributed by atoms with van der Waals surface area (Å²) in [5, 5.41) is 0. The summed E-state index contributed by atoms with van der Waals surface area (Å²) in [4.78, 5) is 8.88. The fourth-order valence-corrected chi connectivity index (χ4v) is 4.86. The van der Waals surface area contributed by atoms with Crippen LogP contribution in [-0.4, -0.2) is 29.4 Å². The second kappa shape index (κ2) is 16.5. The first-order valence-electron chi connectivity index (χ1n) is 14.1. The largest absolute Gasteiger partial charge is 0.491 e. The van der Waals surface area contributed by atoms with E-state index in [0.29, 0.717) is 30.4 Å². The summed E-state index contributed by atoms with van der Waals surface area (Å²) in [6, 6.07) is 7.51. The summed E-state index contributed by atoms with van der Waals surface area (Å²) in [6.45, 7) is 2.98. The van der Waals surface area contributed by atoms with Crippen LogP contribution in [0.3, 0.4) is 0 Å². The molecule has 0 bridgehead atoms. The number of ether oxygens (including phenoxy) is 2. The predicted molar refractivity (Wildman–Crippen MR) is 142 cm³/mol. The molecule has 1 saturated carbocycles. The molecule has 1 aromatic heterocycles. The van der Waals surface area contributed by atoms with Gasteiger partial charge in [0.25, 0.3) is 0 Å². The third-order valence-electron chi connectivity index (χ3n) is 7.04. The Labute approximate surface area is 212 Å². The number of halogens is 1. The Hall–Kier alpha value is -2.17. The smallest absolute Gasteiger partial charge is 0.159 e. The van der Waals surface area contributed by atoms with Gasteiger partial charge < -0.3 is 9.47 Å². The fraction of sp³-hybridized carbons (Fsp3) is 0.667. The van der Waals surface area contributed by atoms with Crippen molar-refractivity contribution < 1.29 is 13.9 Å². The number of unbranched alkanes of at least 4 members (excludes halogenated alkanes) is 7. The maximum Gasteiger partial charge on any atom is 0.159 e. The van der Waals surface area contributed by atoms with Crippen LogP contribution in [0.15, 0.2) is 36.7 Å². The van der Waals surface area contributed by atoms with Crippen molar-refractivity contribution in [2.45, 2.75) is 109 Å². The maximum atomic E-state index is 14.0. The molecule has 0 aliphatic heterocycles. The van der Waals surface area contributed by atoms with Crippen LogP contribution in [0.2, 0.25) is 0 Å². The summed E-state index contributed by atoms with van der Waals surface area (Å²) in [6.07, 6.45) is 21.1. The lowest BCUT2D eigenvalue weighted by Gasteiger charge is -2.11. The molecule has 1 aromatic carbocycles. The van der Waals surface area contributed by atoms with E-state index in [2.05, 4.69) is 16.9 Å². The zero-order valence-corrected chi connectivity index (χ0v) is 21.7. The first-order chi connectivity index (χ1) is 17.2. The summed E-state index contributed by atoms with van der Waals surface area (Å²) in [7, 11) is 0. The Balaban J connectivity index is 1.27. The van der Waals surface area contributed by atoms with Gasteiger partial charge in [0, 0.05) is 5.56 Å².